The molecule has 2 aromatic rings. The van der Waals surface area contributed by atoms with Crippen molar-refractivity contribution in [3.05, 3.63) is 71.3 Å². The van der Waals surface area contributed by atoms with Gasteiger partial charge >= 0.3 is 0 Å². The molecule has 0 radical (unpaired) electrons. The summed E-state index contributed by atoms with van der Waals surface area (Å²) < 4.78 is 0. The van der Waals surface area contributed by atoms with E-state index in [4.69, 9.17) is 0 Å². The molecule has 104 valence electrons. The zero-order valence-corrected chi connectivity index (χ0v) is 12.3. The smallest absolute Gasteiger partial charge is 0.0353 e. The van der Waals surface area contributed by atoms with Crippen LogP contribution in [-0.4, -0.2) is 0 Å². The van der Waals surface area contributed by atoms with Crippen LogP contribution in [0.25, 0.3) is 0 Å². The Morgan fingerprint density at radius 1 is 0.900 bits per heavy atom. The third kappa shape index (κ3) is 3.10. The Balaban J connectivity index is 1.75. The van der Waals surface area contributed by atoms with Crippen LogP contribution < -0.4 is 5.32 Å². The van der Waals surface area contributed by atoms with Gasteiger partial charge in [0.1, 0.15) is 0 Å². The Morgan fingerprint density at radius 3 is 2.15 bits per heavy atom. The molecule has 0 amide bonds. The normalized spacial score (nSPS) is 17.7. The largest absolute Gasteiger partial charge is 0.303 e. The quantitative estimate of drug-likeness (QED) is 0.819. The van der Waals surface area contributed by atoms with Crippen molar-refractivity contribution >= 4 is 0 Å². The highest BCUT2D eigenvalue weighted by molar-refractivity contribution is 5.26. The Morgan fingerprint density at radius 2 is 1.55 bits per heavy atom. The molecule has 1 nitrogen and oxygen atoms in total. The highest BCUT2D eigenvalue weighted by atomic mass is 15.0. The van der Waals surface area contributed by atoms with Gasteiger partial charge in [-0.25, -0.2) is 0 Å². The lowest BCUT2D eigenvalue weighted by molar-refractivity contribution is 0.427. The topological polar surface area (TPSA) is 12.0 Å². The fraction of sp³-hybridized carbons (Fsp3) is 0.368. The second-order valence-electron chi connectivity index (χ2n) is 6.02. The minimum absolute atomic E-state index is 0.390. The van der Waals surface area contributed by atoms with E-state index in [9.17, 15) is 0 Å². The summed E-state index contributed by atoms with van der Waals surface area (Å²) in [4.78, 5) is 0. The molecule has 0 heterocycles. The van der Waals surface area contributed by atoms with Crippen molar-refractivity contribution in [3.63, 3.8) is 0 Å². The van der Waals surface area contributed by atoms with Gasteiger partial charge in [0, 0.05) is 12.1 Å². The van der Waals surface area contributed by atoms with Gasteiger partial charge in [-0.1, -0.05) is 60.2 Å². The first-order valence-electron chi connectivity index (χ1n) is 7.61. The molecule has 1 saturated carbocycles. The zero-order chi connectivity index (χ0) is 13.9. The summed E-state index contributed by atoms with van der Waals surface area (Å²) in [6, 6.07) is 20.6. The maximum absolute atomic E-state index is 3.83. The number of rotatable bonds is 5. The molecule has 0 spiro atoms. The monoisotopic (exact) mass is 265 g/mol. The molecule has 0 aromatic heterocycles. The average Bonchev–Trinajstić information content (AvgIpc) is 3.31. The van der Waals surface area contributed by atoms with Gasteiger partial charge in [-0.2, -0.15) is 0 Å². The van der Waals surface area contributed by atoms with Crippen LogP contribution in [-0.2, 0) is 0 Å². The predicted octanol–water partition coefficient (Wildman–Crippen LogP) is 4.80. The minimum Gasteiger partial charge on any atom is -0.303 e. The van der Waals surface area contributed by atoms with E-state index in [-0.39, 0.29) is 0 Å². The molecular weight excluding hydrogens is 242 g/mol. The third-order valence-electron chi connectivity index (χ3n) is 4.26. The summed E-state index contributed by atoms with van der Waals surface area (Å²) >= 11 is 0. The first-order chi connectivity index (χ1) is 9.74. The first-order valence-corrected chi connectivity index (χ1v) is 7.61. The second kappa shape index (κ2) is 5.80. The van der Waals surface area contributed by atoms with Crippen LogP contribution in [0.4, 0.5) is 0 Å². The van der Waals surface area contributed by atoms with Gasteiger partial charge in [-0.15, -0.1) is 0 Å². The van der Waals surface area contributed by atoms with Gasteiger partial charge in [-0.3, -0.25) is 0 Å². The van der Waals surface area contributed by atoms with Crippen molar-refractivity contribution in [3.8, 4) is 0 Å². The van der Waals surface area contributed by atoms with E-state index in [1.54, 1.807) is 0 Å². The van der Waals surface area contributed by atoms with E-state index in [1.165, 1.54) is 29.5 Å². The van der Waals surface area contributed by atoms with Crippen molar-refractivity contribution < 1.29 is 0 Å². The van der Waals surface area contributed by atoms with Gasteiger partial charge < -0.3 is 5.32 Å². The number of aryl methyl sites for hydroxylation is 1. The maximum atomic E-state index is 3.83. The van der Waals surface area contributed by atoms with E-state index in [0.717, 1.165) is 5.92 Å². The molecule has 1 aliphatic carbocycles. The lowest BCUT2D eigenvalue weighted by Gasteiger charge is -2.24. The molecule has 2 atom stereocenters. The van der Waals surface area contributed by atoms with Crippen LogP contribution in [0.2, 0.25) is 0 Å². The van der Waals surface area contributed by atoms with E-state index in [0.29, 0.717) is 12.1 Å². The fourth-order valence-electron chi connectivity index (χ4n) is 2.82. The SMILES string of the molecule is Cc1ccc([C@@H](C)NC(c2ccccc2)C2CC2)cc1. The van der Waals surface area contributed by atoms with Crippen LogP contribution in [0.5, 0.6) is 0 Å². The Hall–Kier alpha value is -1.60. The molecule has 0 saturated heterocycles. The van der Waals surface area contributed by atoms with Crippen molar-refractivity contribution in [2.45, 2.75) is 38.8 Å². The number of hydrogen-bond acceptors (Lipinski definition) is 1. The van der Waals surface area contributed by atoms with E-state index < -0.39 is 0 Å². The molecule has 0 bridgehead atoms. The number of nitrogens with one attached hydrogen (secondary N) is 1. The second-order valence-corrected chi connectivity index (χ2v) is 6.02. The van der Waals surface area contributed by atoms with Gasteiger partial charge in [0.2, 0.25) is 0 Å². The van der Waals surface area contributed by atoms with E-state index in [1.807, 2.05) is 0 Å². The summed E-state index contributed by atoms with van der Waals surface area (Å²) in [6.07, 6.45) is 2.71. The summed E-state index contributed by atoms with van der Waals surface area (Å²) in [5.41, 5.74) is 4.12. The van der Waals surface area contributed by atoms with E-state index in [2.05, 4.69) is 73.8 Å². The van der Waals surface area contributed by atoms with Crippen molar-refractivity contribution in [2.75, 3.05) is 0 Å². The fourth-order valence-corrected chi connectivity index (χ4v) is 2.82. The maximum Gasteiger partial charge on any atom is 0.0353 e. The van der Waals surface area contributed by atoms with Crippen LogP contribution >= 0.6 is 0 Å². The predicted molar refractivity (Wildman–Crippen MR) is 84.6 cm³/mol. The van der Waals surface area contributed by atoms with Gasteiger partial charge in [0.05, 0.1) is 0 Å². The molecule has 0 aliphatic heterocycles. The number of benzene rings is 2. The van der Waals surface area contributed by atoms with Crippen LogP contribution in [0.1, 0.15) is 48.5 Å². The Labute approximate surface area is 122 Å². The first kappa shape index (κ1) is 13.4. The van der Waals surface area contributed by atoms with Gasteiger partial charge in [0.25, 0.3) is 0 Å². The molecule has 1 N–H and O–H groups in total. The van der Waals surface area contributed by atoms with Crippen molar-refractivity contribution in [1.82, 2.24) is 5.32 Å². The van der Waals surface area contributed by atoms with Crippen LogP contribution in [0.3, 0.4) is 0 Å². The molecule has 1 fully saturated rings. The Bertz CT molecular complexity index is 540. The van der Waals surface area contributed by atoms with Crippen LogP contribution in [0, 0.1) is 12.8 Å². The minimum atomic E-state index is 0.390. The lowest BCUT2D eigenvalue weighted by Crippen LogP contribution is -2.26. The standard InChI is InChI=1S/C19H23N/c1-14-8-10-16(11-9-14)15(2)20-19(18-12-13-18)17-6-4-3-5-7-17/h3-11,15,18-20H,12-13H2,1-2H3/t15-,19?/m1/s1. The van der Waals surface area contributed by atoms with Crippen molar-refractivity contribution in [2.24, 2.45) is 5.92 Å². The Kier molecular flexibility index (Phi) is 3.88. The van der Waals surface area contributed by atoms with Crippen LogP contribution in [0.15, 0.2) is 54.6 Å². The molecule has 1 unspecified atom stereocenters. The van der Waals surface area contributed by atoms with Gasteiger partial charge in [-0.05, 0) is 43.7 Å². The summed E-state index contributed by atoms with van der Waals surface area (Å²) in [5.74, 6) is 0.810. The summed E-state index contributed by atoms with van der Waals surface area (Å²) in [7, 11) is 0. The summed E-state index contributed by atoms with van der Waals surface area (Å²) in [5, 5.41) is 3.83. The third-order valence-corrected chi connectivity index (χ3v) is 4.26. The highest BCUT2D eigenvalue weighted by Gasteiger charge is 2.32. The summed E-state index contributed by atoms with van der Waals surface area (Å²) in [6.45, 7) is 4.40. The molecule has 20 heavy (non-hydrogen) atoms. The molecular formula is C19H23N. The molecule has 1 aliphatic rings. The number of hydrogen-bond donors (Lipinski definition) is 1. The lowest BCUT2D eigenvalue weighted by atomic mass is 9.99. The highest BCUT2D eigenvalue weighted by Crippen LogP contribution is 2.42. The average molecular weight is 265 g/mol. The molecule has 2 aromatic carbocycles. The van der Waals surface area contributed by atoms with E-state index >= 15 is 0 Å². The van der Waals surface area contributed by atoms with Crippen molar-refractivity contribution in [1.29, 1.82) is 0 Å². The zero-order valence-electron chi connectivity index (χ0n) is 12.3. The molecule has 3 rings (SSSR count). The molecule has 1 heteroatoms. The van der Waals surface area contributed by atoms with Gasteiger partial charge in [0.15, 0.2) is 0 Å².